The molecule has 0 spiro atoms. The number of benzene rings is 3. The molecule has 4 N–H and O–H groups in total. The van der Waals surface area contributed by atoms with E-state index in [1.54, 1.807) is 12.4 Å². The predicted octanol–water partition coefficient (Wildman–Crippen LogP) is 6.97. The van der Waals surface area contributed by atoms with Gasteiger partial charge in [-0.15, -0.1) is 0 Å². The van der Waals surface area contributed by atoms with Gasteiger partial charge in [-0.1, -0.05) is 36.4 Å². The van der Waals surface area contributed by atoms with Crippen molar-refractivity contribution in [1.29, 1.82) is 0 Å². The second-order valence-electron chi connectivity index (χ2n) is 10.0. The molecule has 0 aliphatic carbocycles. The zero-order valence-corrected chi connectivity index (χ0v) is 21.9. The zero-order valence-electron chi connectivity index (χ0n) is 21.9. The predicted molar refractivity (Wildman–Crippen MR) is 158 cm³/mol. The molecule has 3 aromatic carbocycles. The summed E-state index contributed by atoms with van der Waals surface area (Å²) in [6.07, 6.45) is 7.16. The molecule has 0 unspecified atom stereocenters. The Bertz CT molecular complexity index is 1990. The van der Waals surface area contributed by atoms with Gasteiger partial charge in [0.05, 0.1) is 22.9 Å². The first kappa shape index (κ1) is 24.7. The van der Waals surface area contributed by atoms with Crippen LogP contribution in [0.4, 0.5) is 4.39 Å². The lowest BCUT2D eigenvalue weighted by Crippen LogP contribution is -2.12. The maximum Gasteiger partial charge on any atom is 0.127 e. The quantitative estimate of drug-likeness (QED) is 0.175. The average Bonchev–Trinajstić information content (AvgIpc) is 3.61. The molecule has 0 bridgehead atoms. The van der Waals surface area contributed by atoms with Gasteiger partial charge in [0.1, 0.15) is 17.3 Å². The van der Waals surface area contributed by atoms with E-state index in [4.69, 9.17) is 0 Å². The van der Waals surface area contributed by atoms with Crippen molar-refractivity contribution >= 4 is 21.8 Å². The van der Waals surface area contributed by atoms with Crippen molar-refractivity contribution in [3.63, 3.8) is 0 Å². The number of phenolic OH excluding ortho intramolecular Hbond substituents is 1. The number of H-pyrrole nitrogens is 2. The van der Waals surface area contributed by atoms with Crippen LogP contribution in [0.2, 0.25) is 0 Å². The Morgan fingerprint density at radius 3 is 2.44 bits per heavy atom. The molecule has 0 saturated carbocycles. The lowest BCUT2D eigenvalue weighted by atomic mass is 10.0. The third-order valence-corrected chi connectivity index (χ3v) is 7.19. The van der Waals surface area contributed by atoms with Gasteiger partial charge in [0.2, 0.25) is 0 Å². The van der Waals surface area contributed by atoms with Crippen LogP contribution in [0.15, 0.2) is 104 Å². The Morgan fingerprint density at radius 1 is 0.707 bits per heavy atom. The Kier molecular flexibility index (Phi) is 6.22. The number of nitrogens with one attached hydrogen (secondary N) is 3. The van der Waals surface area contributed by atoms with Crippen molar-refractivity contribution in [3.8, 4) is 39.4 Å². The van der Waals surface area contributed by atoms with Gasteiger partial charge >= 0.3 is 0 Å². The van der Waals surface area contributed by atoms with E-state index in [0.717, 1.165) is 62.5 Å². The van der Waals surface area contributed by atoms with Crippen molar-refractivity contribution in [2.45, 2.75) is 13.1 Å². The minimum absolute atomic E-state index is 0.135. The Hall–Kier alpha value is -5.34. The van der Waals surface area contributed by atoms with Crippen molar-refractivity contribution in [2.24, 2.45) is 0 Å². The summed E-state index contributed by atoms with van der Waals surface area (Å²) in [5.41, 5.74) is 8.91. The highest BCUT2D eigenvalue weighted by Crippen LogP contribution is 2.35. The number of aromatic hydroxyl groups is 1. The van der Waals surface area contributed by atoms with E-state index in [-0.39, 0.29) is 5.75 Å². The van der Waals surface area contributed by atoms with Crippen LogP contribution in [-0.2, 0) is 13.1 Å². The second-order valence-corrected chi connectivity index (χ2v) is 10.0. The fraction of sp³-hybridized carbons (Fsp3) is 0.0606. The SMILES string of the molecule is Oc1cc(F)cc(-c2cncc3[nH]c(-c4n[nH]c5ccc(-c6cncc(CNCc7ccccc7)c6)cc45)cc23)c1. The van der Waals surface area contributed by atoms with Crippen molar-refractivity contribution in [1.82, 2.24) is 30.5 Å². The topological polar surface area (TPSA) is 103 Å². The van der Waals surface area contributed by atoms with E-state index in [1.807, 2.05) is 42.7 Å². The van der Waals surface area contributed by atoms with Crippen LogP contribution in [0, 0.1) is 5.82 Å². The van der Waals surface area contributed by atoms with E-state index in [9.17, 15) is 9.50 Å². The number of halogens is 1. The average molecular weight is 541 g/mol. The zero-order chi connectivity index (χ0) is 27.8. The van der Waals surface area contributed by atoms with E-state index in [1.165, 1.54) is 17.7 Å². The van der Waals surface area contributed by atoms with E-state index in [2.05, 4.69) is 60.8 Å². The molecule has 0 atom stereocenters. The normalized spacial score (nSPS) is 11.4. The van der Waals surface area contributed by atoms with Crippen LogP contribution in [0.3, 0.4) is 0 Å². The van der Waals surface area contributed by atoms with Gasteiger partial charge in [-0.3, -0.25) is 15.1 Å². The van der Waals surface area contributed by atoms with Crippen LogP contribution in [0.5, 0.6) is 5.75 Å². The molecule has 0 radical (unpaired) electrons. The van der Waals surface area contributed by atoms with E-state index >= 15 is 0 Å². The third-order valence-electron chi connectivity index (χ3n) is 7.19. The van der Waals surface area contributed by atoms with E-state index < -0.39 is 5.82 Å². The maximum absolute atomic E-state index is 14.0. The number of rotatable bonds is 7. The summed E-state index contributed by atoms with van der Waals surface area (Å²) in [7, 11) is 0. The summed E-state index contributed by atoms with van der Waals surface area (Å²) in [5.74, 6) is -0.645. The highest BCUT2D eigenvalue weighted by Gasteiger charge is 2.15. The smallest absolute Gasteiger partial charge is 0.127 e. The standard InChI is InChI=1S/C33H25FN6O/c34-25-9-23(10-26(41)12-25)29-18-37-19-32-27(29)13-31(38-32)33-28-11-22(6-7-30(28)39-40-33)24-8-21(16-36-17-24)15-35-14-20-4-2-1-3-5-20/h1-13,16-19,35,38,41H,14-15H2,(H,39,40). The molecule has 41 heavy (non-hydrogen) atoms. The summed E-state index contributed by atoms with van der Waals surface area (Å²) in [6, 6.07) is 24.7. The summed E-state index contributed by atoms with van der Waals surface area (Å²) >= 11 is 0. The molecule has 0 fully saturated rings. The molecule has 7 rings (SSSR count). The number of hydrogen-bond donors (Lipinski definition) is 4. The van der Waals surface area contributed by atoms with Gasteiger partial charge in [-0.25, -0.2) is 4.39 Å². The molecule has 4 aromatic heterocycles. The number of pyridine rings is 2. The third kappa shape index (κ3) is 4.92. The van der Waals surface area contributed by atoms with Gasteiger partial charge in [0.25, 0.3) is 0 Å². The molecular weight excluding hydrogens is 515 g/mol. The Morgan fingerprint density at radius 2 is 1.56 bits per heavy atom. The molecule has 0 amide bonds. The molecule has 0 saturated heterocycles. The lowest BCUT2D eigenvalue weighted by Gasteiger charge is -2.08. The molecule has 0 aliphatic rings. The molecule has 7 aromatic rings. The number of fused-ring (bicyclic) bond motifs is 2. The Labute approximate surface area is 234 Å². The van der Waals surface area contributed by atoms with E-state index in [0.29, 0.717) is 17.7 Å². The minimum Gasteiger partial charge on any atom is -0.508 e. The first-order valence-corrected chi connectivity index (χ1v) is 13.2. The number of aromatic amines is 2. The highest BCUT2D eigenvalue weighted by molar-refractivity contribution is 6.01. The van der Waals surface area contributed by atoms with Crippen molar-refractivity contribution in [3.05, 3.63) is 121 Å². The fourth-order valence-corrected chi connectivity index (χ4v) is 5.23. The minimum atomic E-state index is -0.510. The van der Waals surface area contributed by atoms with Gasteiger partial charge < -0.3 is 15.4 Å². The van der Waals surface area contributed by atoms with Crippen LogP contribution < -0.4 is 5.32 Å². The summed E-state index contributed by atoms with van der Waals surface area (Å²) < 4.78 is 14.0. The second kappa shape index (κ2) is 10.3. The molecular formula is C33H25FN6O. The van der Waals surface area contributed by atoms with Gasteiger partial charge in [0, 0.05) is 59.6 Å². The van der Waals surface area contributed by atoms with Crippen molar-refractivity contribution < 1.29 is 9.50 Å². The van der Waals surface area contributed by atoms with Gasteiger partial charge in [0.15, 0.2) is 0 Å². The highest BCUT2D eigenvalue weighted by atomic mass is 19.1. The summed E-state index contributed by atoms with van der Waals surface area (Å²) in [6.45, 7) is 1.50. The van der Waals surface area contributed by atoms with Crippen LogP contribution in [0.25, 0.3) is 55.4 Å². The number of nitrogens with zero attached hydrogens (tertiary/aromatic N) is 3. The molecule has 4 heterocycles. The van der Waals surface area contributed by atoms with Gasteiger partial charge in [-0.05, 0) is 58.7 Å². The fourth-order valence-electron chi connectivity index (χ4n) is 5.23. The van der Waals surface area contributed by atoms with Gasteiger partial charge in [-0.2, -0.15) is 5.10 Å². The van der Waals surface area contributed by atoms with Crippen molar-refractivity contribution in [2.75, 3.05) is 0 Å². The molecule has 200 valence electrons. The summed E-state index contributed by atoms with van der Waals surface area (Å²) in [5, 5.41) is 23.0. The number of phenols is 1. The Balaban J connectivity index is 1.21. The number of aromatic nitrogens is 5. The molecule has 7 nitrogen and oxygen atoms in total. The maximum atomic E-state index is 14.0. The first-order chi connectivity index (χ1) is 20.1. The van der Waals surface area contributed by atoms with Crippen LogP contribution in [0.1, 0.15) is 11.1 Å². The molecule has 0 aliphatic heterocycles. The van der Waals surface area contributed by atoms with Crippen LogP contribution >= 0.6 is 0 Å². The largest absolute Gasteiger partial charge is 0.508 e. The monoisotopic (exact) mass is 540 g/mol. The number of hydrogen-bond acceptors (Lipinski definition) is 5. The first-order valence-electron chi connectivity index (χ1n) is 13.2. The lowest BCUT2D eigenvalue weighted by molar-refractivity contribution is 0.469. The van der Waals surface area contributed by atoms with Crippen LogP contribution in [-0.4, -0.2) is 30.3 Å². The molecule has 8 heteroatoms. The summed E-state index contributed by atoms with van der Waals surface area (Å²) in [4.78, 5) is 12.2.